The van der Waals surface area contributed by atoms with Gasteiger partial charge in [-0.25, -0.2) is 0 Å². The highest BCUT2D eigenvalue weighted by Crippen LogP contribution is 2.13. The van der Waals surface area contributed by atoms with Crippen LogP contribution in [0.25, 0.3) is 0 Å². The van der Waals surface area contributed by atoms with Crippen molar-refractivity contribution in [1.82, 2.24) is 10.2 Å². The van der Waals surface area contributed by atoms with Crippen molar-refractivity contribution in [3.63, 3.8) is 0 Å². The first-order valence-electron chi connectivity index (χ1n) is 3.11. The third kappa shape index (κ3) is 1.57. The molecule has 12 heavy (non-hydrogen) atoms. The average molecular weight is 169 g/mol. The Balaban J connectivity index is 2.91. The second kappa shape index (κ2) is 2.99. The predicted octanol–water partition coefficient (Wildman–Crippen LogP) is -0.204. The van der Waals surface area contributed by atoms with Crippen molar-refractivity contribution >= 4 is 11.7 Å². The van der Waals surface area contributed by atoms with E-state index in [2.05, 4.69) is 10.2 Å². The number of nitrogens with one attached hydrogen (secondary N) is 2. The van der Waals surface area contributed by atoms with Gasteiger partial charge in [0.05, 0.1) is 17.6 Å². The maximum absolute atomic E-state index is 10.3. The minimum absolute atomic E-state index is 0.0484. The summed E-state index contributed by atoms with van der Waals surface area (Å²) in [5.41, 5.74) is 5.40. The van der Waals surface area contributed by atoms with Gasteiger partial charge in [0.15, 0.2) is 0 Å². The lowest BCUT2D eigenvalue weighted by atomic mass is 10.2. The van der Waals surface area contributed by atoms with E-state index in [0.29, 0.717) is 5.56 Å². The Kier molecular flexibility index (Phi) is 2.04. The van der Waals surface area contributed by atoms with Crippen LogP contribution in [0.2, 0.25) is 0 Å². The first-order chi connectivity index (χ1) is 5.61. The van der Waals surface area contributed by atoms with Crippen LogP contribution in [-0.4, -0.2) is 21.0 Å². The lowest BCUT2D eigenvalue weighted by molar-refractivity contribution is -0.390. The molecule has 1 aromatic heterocycles. The Hall–Kier alpha value is -1.92. The Morgan fingerprint density at radius 3 is 3.08 bits per heavy atom. The van der Waals surface area contributed by atoms with Crippen LogP contribution >= 0.6 is 0 Å². The molecule has 64 valence electrons. The van der Waals surface area contributed by atoms with Gasteiger partial charge in [-0.2, -0.15) is 0 Å². The molecule has 0 aliphatic heterocycles. The van der Waals surface area contributed by atoms with Crippen LogP contribution in [0.5, 0.6) is 0 Å². The zero-order valence-electron chi connectivity index (χ0n) is 6.07. The van der Waals surface area contributed by atoms with Gasteiger partial charge in [-0.15, -0.1) is 5.10 Å². The van der Waals surface area contributed by atoms with Gasteiger partial charge in [0.25, 0.3) is 0 Å². The Labute approximate surface area is 67.2 Å². The van der Waals surface area contributed by atoms with Crippen molar-refractivity contribution in [1.29, 1.82) is 5.41 Å². The molecule has 0 bridgehead atoms. The summed E-state index contributed by atoms with van der Waals surface area (Å²) in [6.07, 6.45) is 1.34. The van der Waals surface area contributed by atoms with E-state index >= 15 is 0 Å². The number of nitrogens with zero attached hydrogens (tertiary/aromatic N) is 2. The third-order valence-corrected chi connectivity index (χ3v) is 1.26. The standard InChI is InChI=1S/C5H7N5O2/c6-4(7)1-3-2-8-9-5(3)10(11)12/h2H,1H2,(H3,6,7)(H,8,9). The number of hydrogen-bond acceptors (Lipinski definition) is 4. The molecule has 7 nitrogen and oxygen atoms in total. The fraction of sp³-hybridized carbons (Fsp3) is 0.200. The number of hydrogen-bond donors (Lipinski definition) is 3. The van der Waals surface area contributed by atoms with Gasteiger partial charge in [0.1, 0.15) is 0 Å². The van der Waals surface area contributed by atoms with Gasteiger partial charge in [-0.1, -0.05) is 5.10 Å². The highest BCUT2D eigenvalue weighted by atomic mass is 16.6. The second-order valence-corrected chi connectivity index (χ2v) is 2.20. The molecular formula is C5H7N5O2. The largest absolute Gasteiger partial charge is 0.387 e. The topological polar surface area (TPSA) is 122 Å². The highest BCUT2D eigenvalue weighted by Gasteiger charge is 2.14. The zero-order chi connectivity index (χ0) is 9.14. The van der Waals surface area contributed by atoms with Crippen molar-refractivity contribution in [2.75, 3.05) is 0 Å². The molecular weight excluding hydrogens is 162 g/mol. The number of rotatable bonds is 3. The minimum atomic E-state index is -0.592. The van der Waals surface area contributed by atoms with E-state index in [1.54, 1.807) is 0 Å². The molecule has 0 atom stereocenters. The third-order valence-electron chi connectivity index (χ3n) is 1.26. The average Bonchev–Trinajstić information content (AvgIpc) is 2.33. The van der Waals surface area contributed by atoms with E-state index in [1.807, 2.05) is 0 Å². The summed E-state index contributed by atoms with van der Waals surface area (Å²) in [7, 11) is 0. The molecule has 0 aromatic carbocycles. The Bertz CT molecular complexity index is 317. The Morgan fingerprint density at radius 2 is 2.58 bits per heavy atom. The first kappa shape index (κ1) is 8.18. The molecule has 1 heterocycles. The molecule has 0 aliphatic rings. The second-order valence-electron chi connectivity index (χ2n) is 2.20. The number of amidine groups is 1. The van der Waals surface area contributed by atoms with Crippen molar-refractivity contribution in [2.24, 2.45) is 5.73 Å². The number of H-pyrrole nitrogens is 1. The molecule has 7 heteroatoms. The Morgan fingerprint density at radius 1 is 1.92 bits per heavy atom. The molecule has 0 aliphatic carbocycles. The summed E-state index contributed by atoms with van der Waals surface area (Å²) in [5.74, 6) is -0.329. The molecule has 4 N–H and O–H groups in total. The number of aromatic amines is 1. The van der Waals surface area contributed by atoms with Crippen molar-refractivity contribution in [3.8, 4) is 0 Å². The van der Waals surface area contributed by atoms with Crippen molar-refractivity contribution < 1.29 is 4.92 Å². The summed E-state index contributed by atoms with van der Waals surface area (Å²) in [6.45, 7) is 0. The van der Waals surface area contributed by atoms with E-state index < -0.39 is 4.92 Å². The number of aromatic nitrogens is 2. The molecule has 1 rings (SSSR count). The van der Waals surface area contributed by atoms with E-state index in [1.165, 1.54) is 6.20 Å². The first-order valence-corrected chi connectivity index (χ1v) is 3.11. The van der Waals surface area contributed by atoms with Gasteiger partial charge in [-0.05, 0) is 4.92 Å². The smallest absolute Gasteiger partial charge is 0.346 e. The molecule has 0 spiro atoms. The SMILES string of the molecule is N=C(N)Cc1cn[nH]c1[N+](=O)[O-]. The normalized spacial score (nSPS) is 9.67. The summed E-state index contributed by atoms with van der Waals surface area (Å²) < 4.78 is 0. The van der Waals surface area contributed by atoms with E-state index in [0.717, 1.165) is 0 Å². The number of nitro groups is 1. The maximum atomic E-state index is 10.3. The van der Waals surface area contributed by atoms with E-state index in [-0.39, 0.29) is 18.1 Å². The lowest BCUT2D eigenvalue weighted by Crippen LogP contribution is -2.13. The van der Waals surface area contributed by atoms with Gasteiger partial charge >= 0.3 is 5.82 Å². The van der Waals surface area contributed by atoms with Crippen molar-refractivity contribution in [2.45, 2.75) is 6.42 Å². The van der Waals surface area contributed by atoms with Crippen LogP contribution in [0.4, 0.5) is 5.82 Å². The van der Waals surface area contributed by atoms with Gasteiger partial charge in [0, 0.05) is 6.42 Å². The molecule has 0 saturated carbocycles. The van der Waals surface area contributed by atoms with Gasteiger partial charge < -0.3 is 15.8 Å². The van der Waals surface area contributed by atoms with E-state index in [4.69, 9.17) is 11.1 Å². The van der Waals surface area contributed by atoms with Gasteiger partial charge in [-0.3, -0.25) is 5.41 Å². The van der Waals surface area contributed by atoms with Gasteiger partial charge in [0.2, 0.25) is 0 Å². The van der Waals surface area contributed by atoms with Crippen LogP contribution in [0.3, 0.4) is 0 Å². The maximum Gasteiger partial charge on any atom is 0.346 e. The zero-order valence-corrected chi connectivity index (χ0v) is 6.07. The summed E-state index contributed by atoms with van der Waals surface area (Å²) in [5, 5.41) is 22.9. The molecule has 1 aromatic rings. The molecule has 0 radical (unpaired) electrons. The summed E-state index contributed by atoms with van der Waals surface area (Å²) in [6, 6.07) is 0. The van der Waals surface area contributed by atoms with Crippen LogP contribution in [0.1, 0.15) is 5.56 Å². The molecule has 0 saturated heterocycles. The van der Waals surface area contributed by atoms with Crippen LogP contribution in [-0.2, 0) is 6.42 Å². The summed E-state index contributed by atoms with van der Waals surface area (Å²) >= 11 is 0. The van der Waals surface area contributed by atoms with Crippen molar-refractivity contribution in [3.05, 3.63) is 21.9 Å². The van der Waals surface area contributed by atoms with E-state index in [9.17, 15) is 10.1 Å². The molecule has 0 amide bonds. The number of nitrogens with two attached hydrogens (primary N) is 1. The minimum Gasteiger partial charge on any atom is -0.387 e. The summed E-state index contributed by atoms with van der Waals surface area (Å²) in [4.78, 5) is 9.70. The van der Waals surface area contributed by atoms with Crippen LogP contribution in [0.15, 0.2) is 6.20 Å². The fourth-order valence-corrected chi connectivity index (χ4v) is 0.797. The quantitative estimate of drug-likeness (QED) is 0.251. The monoisotopic (exact) mass is 169 g/mol. The molecule has 0 fully saturated rings. The van der Waals surface area contributed by atoms with Crippen LogP contribution in [0, 0.1) is 15.5 Å². The highest BCUT2D eigenvalue weighted by molar-refractivity contribution is 5.80. The molecule has 0 unspecified atom stereocenters. The predicted molar refractivity (Wildman–Crippen MR) is 40.9 cm³/mol. The lowest BCUT2D eigenvalue weighted by Gasteiger charge is -1.94. The van der Waals surface area contributed by atoms with Crippen LogP contribution < -0.4 is 5.73 Å². The fourth-order valence-electron chi connectivity index (χ4n) is 0.797.